The molecule has 0 bridgehead atoms. The molecular weight excluding hydrogens is 171 g/mol. The molecule has 2 heteroatoms. The lowest BCUT2D eigenvalue weighted by molar-refractivity contribution is 0.614. The Hall–Kier alpha value is -0.890. The lowest BCUT2D eigenvalue weighted by Crippen LogP contribution is -1.85. The second kappa shape index (κ2) is 2.87. The van der Waals surface area contributed by atoms with Crippen LogP contribution in [-0.2, 0) is 6.42 Å². The Labute approximate surface area is 74.6 Å². The fraction of sp³-hybridized carbons (Fsp3) is 0.200. The monoisotopic (exact) mass is 180 g/mol. The minimum absolute atomic E-state index is 0.0802. The molecule has 0 aliphatic rings. The van der Waals surface area contributed by atoms with E-state index in [1.165, 1.54) is 4.70 Å². The Balaban J connectivity index is 2.73. The molecular formula is C10H9FS. The highest BCUT2D eigenvalue weighted by atomic mass is 32.1. The number of rotatable bonds is 1. The standard InChI is InChI=1S/C10H9FS/c1-2-7-6-10-8(3-4-12-10)5-9(7)11/h3-6H,2H2,1H3. The third-order valence-corrected chi connectivity index (χ3v) is 2.88. The summed E-state index contributed by atoms with van der Waals surface area (Å²) < 4.78 is 14.4. The van der Waals surface area contributed by atoms with E-state index in [1.807, 2.05) is 24.4 Å². The van der Waals surface area contributed by atoms with Gasteiger partial charge in [-0.15, -0.1) is 11.3 Å². The molecule has 0 atom stereocenters. The summed E-state index contributed by atoms with van der Waals surface area (Å²) in [5.41, 5.74) is 0.810. The number of thiophene rings is 1. The van der Waals surface area contributed by atoms with Crippen LogP contribution < -0.4 is 0 Å². The van der Waals surface area contributed by atoms with Gasteiger partial charge in [0, 0.05) is 4.70 Å². The minimum Gasteiger partial charge on any atom is -0.207 e. The maximum absolute atomic E-state index is 13.2. The summed E-state index contributed by atoms with van der Waals surface area (Å²) in [7, 11) is 0. The highest BCUT2D eigenvalue weighted by molar-refractivity contribution is 7.17. The summed E-state index contributed by atoms with van der Waals surface area (Å²) >= 11 is 1.66. The minimum atomic E-state index is -0.0802. The second-order valence-electron chi connectivity index (χ2n) is 2.76. The van der Waals surface area contributed by atoms with Crippen molar-refractivity contribution < 1.29 is 4.39 Å². The fourth-order valence-corrected chi connectivity index (χ4v) is 2.13. The Morgan fingerprint density at radius 3 is 3.00 bits per heavy atom. The summed E-state index contributed by atoms with van der Waals surface area (Å²) in [6.07, 6.45) is 0.764. The van der Waals surface area contributed by atoms with E-state index in [-0.39, 0.29) is 5.82 Å². The van der Waals surface area contributed by atoms with Gasteiger partial charge in [0.05, 0.1) is 0 Å². The molecule has 0 spiro atoms. The number of aryl methyl sites for hydroxylation is 1. The third kappa shape index (κ3) is 1.12. The highest BCUT2D eigenvalue weighted by Crippen LogP contribution is 2.24. The molecule has 0 aliphatic carbocycles. The third-order valence-electron chi connectivity index (χ3n) is 2.00. The molecule has 12 heavy (non-hydrogen) atoms. The summed E-state index contributed by atoms with van der Waals surface area (Å²) in [5, 5.41) is 3.00. The topological polar surface area (TPSA) is 0 Å². The van der Waals surface area contributed by atoms with Crippen LogP contribution in [0.15, 0.2) is 23.6 Å². The normalized spacial score (nSPS) is 10.8. The van der Waals surface area contributed by atoms with Gasteiger partial charge in [0.1, 0.15) is 5.82 Å². The van der Waals surface area contributed by atoms with E-state index in [9.17, 15) is 4.39 Å². The van der Waals surface area contributed by atoms with Crippen molar-refractivity contribution >= 4 is 21.4 Å². The molecule has 62 valence electrons. The van der Waals surface area contributed by atoms with E-state index >= 15 is 0 Å². The Kier molecular flexibility index (Phi) is 1.85. The maximum atomic E-state index is 13.2. The van der Waals surface area contributed by atoms with Crippen LogP contribution in [0.25, 0.3) is 10.1 Å². The molecule has 1 heterocycles. The van der Waals surface area contributed by atoms with Gasteiger partial charge in [-0.3, -0.25) is 0 Å². The predicted octanol–water partition coefficient (Wildman–Crippen LogP) is 3.60. The van der Waals surface area contributed by atoms with Crippen LogP contribution in [0.5, 0.6) is 0 Å². The summed E-state index contributed by atoms with van der Waals surface area (Å²) in [5.74, 6) is -0.0802. The molecule has 0 saturated heterocycles. The first-order chi connectivity index (χ1) is 5.81. The zero-order chi connectivity index (χ0) is 8.55. The van der Waals surface area contributed by atoms with E-state index < -0.39 is 0 Å². The smallest absolute Gasteiger partial charge is 0.127 e. The van der Waals surface area contributed by atoms with E-state index in [0.29, 0.717) is 0 Å². The van der Waals surface area contributed by atoms with Crippen molar-refractivity contribution in [3.05, 3.63) is 35.0 Å². The van der Waals surface area contributed by atoms with Crippen LogP contribution in [0.1, 0.15) is 12.5 Å². The van der Waals surface area contributed by atoms with Gasteiger partial charge in [0.25, 0.3) is 0 Å². The summed E-state index contributed by atoms with van der Waals surface area (Å²) in [4.78, 5) is 0. The van der Waals surface area contributed by atoms with E-state index in [1.54, 1.807) is 17.4 Å². The van der Waals surface area contributed by atoms with Gasteiger partial charge >= 0.3 is 0 Å². The second-order valence-corrected chi connectivity index (χ2v) is 3.70. The fourth-order valence-electron chi connectivity index (χ4n) is 1.29. The SMILES string of the molecule is CCc1cc2sccc2cc1F. The average molecular weight is 180 g/mol. The molecule has 0 aliphatic heterocycles. The largest absolute Gasteiger partial charge is 0.207 e. The number of hydrogen-bond acceptors (Lipinski definition) is 1. The van der Waals surface area contributed by atoms with Gasteiger partial charge in [-0.1, -0.05) is 6.92 Å². The summed E-state index contributed by atoms with van der Waals surface area (Å²) in [6, 6.07) is 5.50. The van der Waals surface area contributed by atoms with E-state index in [0.717, 1.165) is 17.4 Å². The Morgan fingerprint density at radius 1 is 1.42 bits per heavy atom. The molecule has 0 amide bonds. The van der Waals surface area contributed by atoms with Gasteiger partial charge in [-0.2, -0.15) is 0 Å². The molecule has 0 unspecified atom stereocenters. The van der Waals surface area contributed by atoms with Crippen molar-refractivity contribution in [1.29, 1.82) is 0 Å². The van der Waals surface area contributed by atoms with Crippen LogP contribution in [0.2, 0.25) is 0 Å². The first kappa shape index (κ1) is 7.74. The van der Waals surface area contributed by atoms with Gasteiger partial charge in [-0.25, -0.2) is 4.39 Å². The molecule has 1 aromatic heterocycles. The van der Waals surface area contributed by atoms with Crippen LogP contribution in [0.3, 0.4) is 0 Å². The number of benzene rings is 1. The first-order valence-corrected chi connectivity index (χ1v) is 4.85. The molecule has 0 nitrogen and oxygen atoms in total. The lowest BCUT2D eigenvalue weighted by atomic mass is 10.1. The van der Waals surface area contributed by atoms with Crippen molar-refractivity contribution in [1.82, 2.24) is 0 Å². The number of fused-ring (bicyclic) bond motifs is 1. The molecule has 0 saturated carbocycles. The average Bonchev–Trinajstić information content (AvgIpc) is 2.49. The lowest BCUT2D eigenvalue weighted by Gasteiger charge is -1.98. The van der Waals surface area contributed by atoms with Crippen molar-refractivity contribution in [3.8, 4) is 0 Å². The maximum Gasteiger partial charge on any atom is 0.127 e. The molecule has 2 rings (SSSR count). The van der Waals surface area contributed by atoms with Gasteiger partial charge in [0.15, 0.2) is 0 Å². The van der Waals surface area contributed by atoms with Crippen LogP contribution in [-0.4, -0.2) is 0 Å². The van der Waals surface area contributed by atoms with Crippen molar-refractivity contribution in [2.24, 2.45) is 0 Å². The van der Waals surface area contributed by atoms with E-state index in [2.05, 4.69) is 0 Å². The van der Waals surface area contributed by atoms with Crippen molar-refractivity contribution in [2.45, 2.75) is 13.3 Å². The van der Waals surface area contributed by atoms with Crippen LogP contribution in [0.4, 0.5) is 4.39 Å². The Morgan fingerprint density at radius 2 is 2.25 bits per heavy atom. The van der Waals surface area contributed by atoms with Crippen LogP contribution in [0, 0.1) is 5.82 Å². The number of halogens is 1. The molecule has 2 aromatic rings. The van der Waals surface area contributed by atoms with Gasteiger partial charge in [-0.05, 0) is 40.9 Å². The van der Waals surface area contributed by atoms with Crippen LogP contribution >= 0.6 is 11.3 Å². The predicted molar refractivity (Wildman–Crippen MR) is 51.2 cm³/mol. The van der Waals surface area contributed by atoms with Crippen molar-refractivity contribution in [3.63, 3.8) is 0 Å². The number of hydrogen-bond donors (Lipinski definition) is 0. The molecule has 0 N–H and O–H groups in total. The van der Waals surface area contributed by atoms with E-state index in [4.69, 9.17) is 0 Å². The highest BCUT2D eigenvalue weighted by Gasteiger charge is 2.02. The molecule has 0 radical (unpaired) electrons. The zero-order valence-electron chi connectivity index (χ0n) is 6.80. The van der Waals surface area contributed by atoms with Gasteiger partial charge in [0.2, 0.25) is 0 Å². The molecule has 0 fully saturated rings. The van der Waals surface area contributed by atoms with Crippen molar-refractivity contribution in [2.75, 3.05) is 0 Å². The zero-order valence-corrected chi connectivity index (χ0v) is 7.62. The summed E-state index contributed by atoms with van der Waals surface area (Å²) in [6.45, 7) is 1.97. The Bertz CT molecular complexity index is 403. The van der Waals surface area contributed by atoms with Gasteiger partial charge < -0.3 is 0 Å². The first-order valence-electron chi connectivity index (χ1n) is 3.97. The quantitative estimate of drug-likeness (QED) is 0.629. The molecule has 1 aromatic carbocycles.